The number of amides is 1. The summed E-state index contributed by atoms with van der Waals surface area (Å²) in [6.45, 7) is 8.60. The first-order valence-electron chi connectivity index (χ1n) is 8.96. The van der Waals surface area contributed by atoms with Gasteiger partial charge in [-0.25, -0.2) is 4.39 Å². The maximum Gasteiger partial charge on any atom is 0.259 e. The quantitative estimate of drug-likeness (QED) is 0.855. The van der Waals surface area contributed by atoms with E-state index >= 15 is 0 Å². The van der Waals surface area contributed by atoms with Crippen molar-refractivity contribution in [3.63, 3.8) is 0 Å². The number of rotatable bonds is 4. The summed E-state index contributed by atoms with van der Waals surface area (Å²) in [5.41, 5.74) is 2.55. The lowest BCUT2D eigenvalue weighted by Crippen LogP contribution is -3.14. The van der Waals surface area contributed by atoms with Crippen molar-refractivity contribution in [2.75, 3.05) is 11.9 Å². The molecule has 0 bridgehead atoms. The van der Waals surface area contributed by atoms with Gasteiger partial charge in [-0.3, -0.25) is 4.79 Å². The molecule has 1 aliphatic rings. The van der Waals surface area contributed by atoms with Crippen LogP contribution in [0.1, 0.15) is 52.5 Å². The zero-order valence-corrected chi connectivity index (χ0v) is 15.9. The van der Waals surface area contributed by atoms with Crippen LogP contribution in [-0.4, -0.2) is 18.5 Å². The maximum absolute atomic E-state index is 13.9. The fourth-order valence-electron chi connectivity index (χ4n) is 3.55. The van der Waals surface area contributed by atoms with Gasteiger partial charge in [-0.05, 0) is 57.7 Å². The van der Waals surface area contributed by atoms with Crippen LogP contribution in [0.3, 0.4) is 0 Å². The molecule has 1 amide bonds. The first-order chi connectivity index (χ1) is 12.0. The molecular formula is C20H26FN2OS+. The van der Waals surface area contributed by atoms with Crippen LogP contribution in [0.25, 0.3) is 0 Å². The number of halogens is 1. The molecule has 0 radical (unpaired) electrons. The summed E-state index contributed by atoms with van der Waals surface area (Å²) in [5.74, 6) is -0.857. The number of hydrogen-bond acceptors (Lipinski definition) is 2. The SMILES string of the molecule is Cc1sc(NC(=O)c2ccccc2F)c(C[NH+]2CCCCC2C)c1C. The van der Waals surface area contributed by atoms with Gasteiger partial charge in [0.2, 0.25) is 0 Å². The average Bonchev–Trinajstić information content (AvgIpc) is 2.84. The minimum absolute atomic E-state index is 0.0934. The molecular weight excluding hydrogens is 335 g/mol. The lowest BCUT2D eigenvalue weighted by molar-refractivity contribution is -0.941. The van der Waals surface area contributed by atoms with Crippen molar-refractivity contribution in [1.29, 1.82) is 0 Å². The smallest absolute Gasteiger partial charge is 0.259 e. The van der Waals surface area contributed by atoms with Crippen LogP contribution in [0.15, 0.2) is 24.3 Å². The number of carbonyl (C=O) groups excluding carboxylic acids is 1. The Bertz CT molecular complexity index is 771. The Morgan fingerprint density at radius 2 is 2.08 bits per heavy atom. The van der Waals surface area contributed by atoms with Crippen LogP contribution in [-0.2, 0) is 6.54 Å². The Hall–Kier alpha value is -1.72. The fourth-order valence-corrected chi connectivity index (χ4v) is 4.62. The summed E-state index contributed by atoms with van der Waals surface area (Å²) in [7, 11) is 0. The van der Waals surface area contributed by atoms with E-state index in [4.69, 9.17) is 0 Å². The number of nitrogens with one attached hydrogen (secondary N) is 2. The van der Waals surface area contributed by atoms with Crippen molar-refractivity contribution in [1.82, 2.24) is 0 Å². The summed E-state index contributed by atoms with van der Waals surface area (Å²) in [6.07, 6.45) is 3.83. The molecule has 2 unspecified atom stereocenters. The van der Waals surface area contributed by atoms with Crippen LogP contribution in [0.5, 0.6) is 0 Å². The fraction of sp³-hybridized carbons (Fsp3) is 0.450. The Balaban J connectivity index is 1.83. The number of hydrogen-bond donors (Lipinski definition) is 2. The zero-order chi connectivity index (χ0) is 18.0. The highest BCUT2D eigenvalue weighted by Crippen LogP contribution is 2.32. The van der Waals surface area contributed by atoms with Crippen LogP contribution in [0, 0.1) is 19.7 Å². The minimum atomic E-state index is -0.484. The van der Waals surface area contributed by atoms with Crippen LogP contribution in [0.4, 0.5) is 9.39 Å². The number of quaternary nitrogens is 1. The number of aryl methyl sites for hydroxylation is 1. The van der Waals surface area contributed by atoms with E-state index in [-0.39, 0.29) is 11.5 Å². The lowest BCUT2D eigenvalue weighted by Gasteiger charge is -2.30. The number of thiophene rings is 1. The van der Waals surface area contributed by atoms with Gasteiger partial charge in [0, 0.05) is 10.4 Å². The van der Waals surface area contributed by atoms with Crippen LogP contribution in [0.2, 0.25) is 0 Å². The Labute approximate surface area is 152 Å². The largest absolute Gasteiger partial charge is 0.329 e. The number of anilines is 1. The van der Waals surface area contributed by atoms with E-state index in [1.54, 1.807) is 28.4 Å². The highest BCUT2D eigenvalue weighted by Gasteiger charge is 2.26. The Morgan fingerprint density at radius 3 is 2.80 bits per heavy atom. The van der Waals surface area contributed by atoms with Gasteiger partial charge in [-0.1, -0.05) is 12.1 Å². The van der Waals surface area contributed by atoms with E-state index < -0.39 is 5.82 Å². The van der Waals surface area contributed by atoms with Crippen molar-refractivity contribution in [3.05, 3.63) is 51.7 Å². The van der Waals surface area contributed by atoms with Gasteiger partial charge < -0.3 is 10.2 Å². The minimum Gasteiger partial charge on any atom is -0.329 e. The molecule has 0 spiro atoms. The molecule has 2 atom stereocenters. The van der Waals surface area contributed by atoms with E-state index in [0.717, 1.165) is 11.5 Å². The number of piperidine rings is 1. The van der Waals surface area contributed by atoms with Crippen molar-refractivity contribution < 1.29 is 14.1 Å². The van der Waals surface area contributed by atoms with Gasteiger partial charge in [0.25, 0.3) is 5.91 Å². The molecule has 0 aliphatic carbocycles. The van der Waals surface area contributed by atoms with E-state index in [9.17, 15) is 9.18 Å². The standard InChI is InChI=1S/C20H25FN2OS/c1-13-8-6-7-11-23(13)12-17-14(2)15(3)25-20(17)22-19(24)16-9-4-5-10-18(16)21/h4-5,9-10,13H,6-8,11-12H2,1-3H3,(H,22,24)/p+1. The predicted molar refractivity (Wildman–Crippen MR) is 101 cm³/mol. The van der Waals surface area contributed by atoms with E-state index in [0.29, 0.717) is 6.04 Å². The van der Waals surface area contributed by atoms with Gasteiger partial charge in [-0.2, -0.15) is 0 Å². The Morgan fingerprint density at radius 1 is 1.32 bits per heavy atom. The van der Waals surface area contributed by atoms with Gasteiger partial charge in [0.05, 0.1) is 18.2 Å². The topological polar surface area (TPSA) is 33.5 Å². The van der Waals surface area contributed by atoms with Crippen molar-refractivity contribution in [2.24, 2.45) is 0 Å². The molecule has 2 heterocycles. The first kappa shape index (κ1) is 18.1. The number of carbonyl (C=O) groups is 1. The highest BCUT2D eigenvalue weighted by atomic mass is 32.1. The summed E-state index contributed by atoms with van der Waals surface area (Å²) >= 11 is 1.59. The monoisotopic (exact) mass is 361 g/mol. The summed E-state index contributed by atoms with van der Waals surface area (Å²) in [5, 5.41) is 3.83. The number of likely N-dealkylation sites (tertiary alicyclic amines) is 1. The molecule has 3 rings (SSSR count). The van der Waals surface area contributed by atoms with Crippen molar-refractivity contribution in [2.45, 2.75) is 52.6 Å². The highest BCUT2D eigenvalue weighted by molar-refractivity contribution is 7.16. The molecule has 134 valence electrons. The second-order valence-electron chi connectivity index (χ2n) is 7.01. The van der Waals surface area contributed by atoms with Crippen molar-refractivity contribution in [3.8, 4) is 0 Å². The second kappa shape index (κ2) is 7.67. The van der Waals surface area contributed by atoms with Gasteiger partial charge >= 0.3 is 0 Å². The molecule has 25 heavy (non-hydrogen) atoms. The molecule has 1 aromatic carbocycles. The summed E-state index contributed by atoms with van der Waals surface area (Å²) < 4.78 is 13.9. The molecule has 1 fully saturated rings. The molecule has 1 aromatic heterocycles. The molecule has 5 heteroatoms. The molecule has 1 aliphatic heterocycles. The third-order valence-corrected chi connectivity index (χ3v) is 6.51. The average molecular weight is 362 g/mol. The number of benzene rings is 1. The third kappa shape index (κ3) is 3.93. The lowest BCUT2D eigenvalue weighted by atomic mass is 10.0. The van der Waals surface area contributed by atoms with E-state index in [2.05, 4.69) is 26.1 Å². The normalized spacial score (nSPS) is 20.5. The van der Waals surface area contributed by atoms with Crippen LogP contribution >= 0.6 is 11.3 Å². The molecule has 2 aromatic rings. The first-order valence-corrected chi connectivity index (χ1v) is 9.78. The molecule has 0 saturated carbocycles. The molecule has 1 saturated heterocycles. The maximum atomic E-state index is 13.9. The third-order valence-electron chi connectivity index (χ3n) is 5.34. The second-order valence-corrected chi connectivity index (χ2v) is 8.23. The van der Waals surface area contributed by atoms with Gasteiger partial charge in [0.1, 0.15) is 17.4 Å². The summed E-state index contributed by atoms with van der Waals surface area (Å²) in [6, 6.07) is 6.76. The molecule has 3 nitrogen and oxygen atoms in total. The van der Waals surface area contributed by atoms with Gasteiger partial charge in [0.15, 0.2) is 0 Å². The summed E-state index contributed by atoms with van der Waals surface area (Å²) in [4.78, 5) is 15.3. The van der Waals surface area contributed by atoms with Crippen LogP contribution < -0.4 is 10.2 Å². The zero-order valence-electron chi connectivity index (χ0n) is 15.1. The predicted octanol–water partition coefficient (Wildman–Crippen LogP) is 3.71. The molecule has 2 N–H and O–H groups in total. The van der Waals surface area contributed by atoms with E-state index in [1.165, 1.54) is 53.9 Å². The Kier molecular flexibility index (Phi) is 5.54. The van der Waals surface area contributed by atoms with Gasteiger partial charge in [-0.15, -0.1) is 11.3 Å². The van der Waals surface area contributed by atoms with Crippen molar-refractivity contribution >= 4 is 22.2 Å². The van der Waals surface area contributed by atoms with E-state index in [1.807, 2.05) is 0 Å².